The molecule has 0 fully saturated rings. The number of allylic oxidation sites excluding steroid dienone is 1. The molecule has 0 radical (unpaired) electrons. The van der Waals surface area contributed by atoms with E-state index >= 15 is 0 Å². The minimum Gasteiger partial charge on any atom is -0.389 e. The number of aliphatic hydroxyl groups is 1. The van der Waals surface area contributed by atoms with Crippen LogP contribution in [0.2, 0.25) is 0 Å². The molecular weight excluding hydrogens is 174 g/mol. The van der Waals surface area contributed by atoms with Crippen LogP contribution in [0.1, 0.15) is 13.8 Å². The summed E-state index contributed by atoms with van der Waals surface area (Å²) in [5.41, 5.74) is 1.60. The molecule has 0 aliphatic carbocycles. The Labute approximate surface area is 73.0 Å². The van der Waals surface area contributed by atoms with Crippen LogP contribution >= 0.6 is 0 Å². The van der Waals surface area contributed by atoms with Gasteiger partial charge in [0.2, 0.25) is 0 Å². The van der Waals surface area contributed by atoms with Crippen LogP contribution in [0.25, 0.3) is 0 Å². The minimum atomic E-state index is -2.17. The monoisotopic (exact) mass is 187 g/mol. The Bertz CT molecular complexity index is 357. The van der Waals surface area contributed by atoms with Crippen LogP contribution in [0.15, 0.2) is 15.5 Å². The summed E-state index contributed by atoms with van der Waals surface area (Å²) in [5, 5.41) is 10.9. The van der Waals surface area contributed by atoms with E-state index in [-0.39, 0.29) is 0 Å². The van der Waals surface area contributed by atoms with Gasteiger partial charge in [0.1, 0.15) is 0 Å². The van der Waals surface area contributed by atoms with Gasteiger partial charge < -0.3 is 5.11 Å². The van der Waals surface area contributed by atoms with Crippen LogP contribution in [0.3, 0.4) is 0 Å². The van der Waals surface area contributed by atoms with Crippen molar-refractivity contribution in [3.8, 4) is 0 Å². The molecule has 0 aromatic rings. The van der Waals surface area contributed by atoms with Gasteiger partial charge in [0.15, 0.2) is 0 Å². The Morgan fingerprint density at radius 3 is 2.67 bits per heavy atom. The highest BCUT2D eigenvalue weighted by Crippen LogP contribution is 2.11. The summed E-state index contributed by atoms with van der Waals surface area (Å²) in [7, 11) is -2.17. The first-order valence-corrected chi connectivity index (χ1v) is 5.69. The lowest BCUT2D eigenvalue weighted by Gasteiger charge is -2.12. The fourth-order valence-corrected chi connectivity index (χ4v) is 2.30. The van der Waals surface area contributed by atoms with Crippen molar-refractivity contribution in [2.45, 2.75) is 20.0 Å². The molecule has 1 heterocycles. The van der Waals surface area contributed by atoms with Crippen LogP contribution in [0.4, 0.5) is 0 Å². The van der Waals surface area contributed by atoms with Gasteiger partial charge in [-0.1, -0.05) is 0 Å². The molecule has 1 aliphatic rings. The molecule has 0 amide bonds. The maximum absolute atomic E-state index is 11.4. The predicted molar refractivity (Wildman–Crippen MR) is 53.0 cm³/mol. The van der Waals surface area contributed by atoms with E-state index < -0.39 is 15.8 Å². The molecule has 0 aromatic heterocycles. The third-order valence-corrected chi connectivity index (χ3v) is 3.02. The number of nitrogens with zero attached hydrogens (tertiary/aromatic N) is 1. The van der Waals surface area contributed by atoms with Crippen molar-refractivity contribution in [3.63, 3.8) is 0 Å². The number of aliphatic hydroxyl groups excluding tert-OH is 1. The lowest BCUT2D eigenvalue weighted by molar-refractivity contribution is 0.238. The summed E-state index contributed by atoms with van der Waals surface area (Å²) in [6.45, 7) is 3.50. The van der Waals surface area contributed by atoms with Gasteiger partial charge in [-0.3, -0.25) is 0 Å². The van der Waals surface area contributed by atoms with Gasteiger partial charge in [-0.15, -0.1) is 0 Å². The SMILES string of the molecule is CC1=C([C@@H](C)O)C=NS(C)(=O)=C1. The van der Waals surface area contributed by atoms with Gasteiger partial charge >= 0.3 is 0 Å². The third-order valence-electron chi connectivity index (χ3n) is 1.70. The van der Waals surface area contributed by atoms with Crippen LogP contribution in [0, 0.1) is 0 Å². The van der Waals surface area contributed by atoms with Gasteiger partial charge in [0, 0.05) is 23.4 Å². The second-order valence-electron chi connectivity index (χ2n) is 3.03. The maximum Gasteiger partial charge on any atom is 0.0779 e. The number of rotatable bonds is 1. The molecule has 68 valence electrons. The lowest BCUT2D eigenvalue weighted by Crippen LogP contribution is -2.15. The van der Waals surface area contributed by atoms with E-state index in [0.29, 0.717) is 0 Å². The molecule has 0 saturated heterocycles. The lowest BCUT2D eigenvalue weighted by atomic mass is 10.1. The van der Waals surface area contributed by atoms with E-state index in [1.165, 1.54) is 6.21 Å². The van der Waals surface area contributed by atoms with Crippen LogP contribution in [-0.2, 0) is 9.71 Å². The fourth-order valence-electron chi connectivity index (χ4n) is 1.13. The highest BCUT2D eigenvalue weighted by Gasteiger charge is 2.11. The largest absolute Gasteiger partial charge is 0.389 e. The number of hydrogen-bond acceptors (Lipinski definition) is 2. The molecule has 3 nitrogen and oxygen atoms in total. The summed E-state index contributed by atoms with van der Waals surface area (Å²) in [5.74, 6) is 0. The molecule has 0 aromatic carbocycles. The fraction of sp³-hybridized carbons (Fsp3) is 0.500. The smallest absolute Gasteiger partial charge is 0.0779 e. The molecule has 1 aliphatic heterocycles. The van der Waals surface area contributed by atoms with E-state index in [1.54, 1.807) is 18.5 Å². The van der Waals surface area contributed by atoms with E-state index in [9.17, 15) is 9.32 Å². The van der Waals surface area contributed by atoms with Crippen molar-refractivity contribution in [3.05, 3.63) is 11.1 Å². The molecule has 1 rings (SSSR count). The molecule has 4 heteroatoms. The van der Waals surface area contributed by atoms with Gasteiger partial charge in [-0.05, 0) is 19.4 Å². The van der Waals surface area contributed by atoms with Crippen molar-refractivity contribution in [2.75, 3.05) is 6.26 Å². The molecule has 0 bridgehead atoms. The molecule has 1 unspecified atom stereocenters. The van der Waals surface area contributed by atoms with Gasteiger partial charge in [-0.2, -0.15) is 0 Å². The molecule has 1 N–H and O–H groups in total. The quantitative estimate of drug-likeness (QED) is 0.604. The average molecular weight is 187 g/mol. The Kier molecular flexibility index (Phi) is 2.39. The predicted octanol–water partition coefficient (Wildman–Crippen LogP) is 0.400. The number of hydrogen-bond donors (Lipinski definition) is 1. The van der Waals surface area contributed by atoms with E-state index in [1.807, 2.05) is 6.92 Å². The summed E-state index contributed by atoms with van der Waals surface area (Å²) in [6, 6.07) is 0. The zero-order valence-corrected chi connectivity index (χ0v) is 8.26. The summed E-state index contributed by atoms with van der Waals surface area (Å²) in [4.78, 5) is 0. The Hall–Kier alpha value is -0.610. The maximum atomic E-state index is 11.4. The zero-order chi connectivity index (χ0) is 9.35. The van der Waals surface area contributed by atoms with Crippen molar-refractivity contribution in [1.82, 2.24) is 0 Å². The highest BCUT2D eigenvalue weighted by atomic mass is 32.2. The van der Waals surface area contributed by atoms with E-state index in [0.717, 1.165) is 11.1 Å². The second-order valence-corrected chi connectivity index (χ2v) is 5.20. The second kappa shape index (κ2) is 3.03. The average Bonchev–Trinajstić information content (AvgIpc) is 1.83. The van der Waals surface area contributed by atoms with Crippen LogP contribution in [0.5, 0.6) is 0 Å². The van der Waals surface area contributed by atoms with Crippen LogP contribution in [-0.4, -0.2) is 33.3 Å². The first-order chi connectivity index (χ1) is 5.42. The third kappa shape index (κ3) is 1.95. The van der Waals surface area contributed by atoms with Crippen LogP contribution < -0.4 is 0 Å². The van der Waals surface area contributed by atoms with Gasteiger partial charge in [0.25, 0.3) is 0 Å². The Morgan fingerprint density at radius 2 is 2.25 bits per heavy atom. The molecule has 2 atom stereocenters. The Balaban J connectivity index is 3.20. The summed E-state index contributed by atoms with van der Waals surface area (Å²) >= 11 is 0. The molecule has 12 heavy (non-hydrogen) atoms. The summed E-state index contributed by atoms with van der Waals surface area (Å²) in [6.07, 6.45) is 2.54. The molecule has 0 saturated carbocycles. The van der Waals surface area contributed by atoms with Gasteiger partial charge in [0.05, 0.1) is 15.8 Å². The molecular formula is C8H13NO2S. The van der Waals surface area contributed by atoms with Gasteiger partial charge in [-0.25, -0.2) is 8.61 Å². The summed E-state index contributed by atoms with van der Waals surface area (Å²) < 4.78 is 15.3. The zero-order valence-electron chi connectivity index (χ0n) is 7.44. The van der Waals surface area contributed by atoms with E-state index in [2.05, 4.69) is 4.40 Å². The van der Waals surface area contributed by atoms with Crippen molar-refractivity contribution >= 4 is 21.3 Å². The minimum absolute atomic E-state index is 0.541. The van der Waals surface area contributed by atoms with Crippen molar-refractivity contribution in [2.24, 2.45) is 4.40 Å². The normalized spacial score (nSPS) is 31.7. The Morgan fingerprint density at radius 1 is 1.67 bits per heavy atom. The van der Waals surface area contributed by atoms with E-state index in [4.69, 9.17) is 0 Å². The first-order valence-electron chi connectivity index (χ1n) is 3.70. The van der Waals surface area contributed by atoms with Crippen molar-refractivity contribution in [1.29, 1.82) is 0 Å². The highest BCUT2D eigenvalue weighted by molar-refractivity contribution is 7.99. The molecule has 0 spiro atoms. The van der Waals surface area contributed by atoms with Crippen molar-refractivity contribution < 1.29 is 9.32 Å². The first kappa shape index (κ1) is 9.48. The standard InChI is InChI=1S/C8H13NO2S/c1-6-5-12(3,11)9-4-8(6)7(2)10/h4-5,7,10H,1-3H3/t7-,12?/m1/s1. The topological polar surface area (TPSA) is 49.7 Å².